The Labute approximate surface area is 138 Å². The van der Waals surface area contributed by atoms with Gasteiger partial charge in [-0.15, -0.1) is 11.3 Å². The van der Waals surface area contributed by atoms with Gasteiger partial charge in [-0.2, -0.15) is 0 Å². The number of hydrogen-bond donors (Lipinski definition) is 1. The van der Waals surface area contributed by atoms with Crippen molar-refractivity contribution in [1.29, 1.82) is 0 Å². The largest absolute Gasteiger partial charge is 0.494 e. The zero-order chi connectivity index (χ0) is 15.9. The third kappa shape index (κ3) is 4.86. The van der Waals surface area contributed by atoms with Gasteiger partial charge in [0.05, 0.1) is 15.8 Å². The number of halogens is 1. The summed E-state index contributed by atoms with van der Waals surface area (Å²) in [5.41, 5.74) is 0.681. The number of nitrogens with one attached hydrogen (secondary N) is 1. The summed E-state index contributed by atoms with van der Waals surface area (Å²) in [7, 11) is 0. The highest BCUT2D eigenvalue weighted by molar-refractivity contribution is 7.18. The second-order valence-corrected chi connectivity index (χ2v) is 6.25. The molecule has 0 bridgehead atoms. The van der Waals surface area contributed by atoms with Gasteiger partial charge < -0.3 is 10.1 Å². The fraction of sp³-hybridized carbons (Fsp3) is 0.250. The van der Waals surface area contributed by atoms with Crippen molar-refractivity contribution >= 4 is 40.3 Å². The Morgan fingerprint density at radius 2 is 1.86 bits per heavy atom. The molecule has 0 aliphatic rings. The third-order valence-corrected chi connectivity index (χ3v) is 4.15. The summed E-state index contributed by atoms with van der Waals surface area (Å²) in [5, 5.41) is 2.75. The van der Waals surface area contributed by atoms with Gasteiger partial charge in [-0.1, -0.05) is 11.6 Å². The molecular weight excluding hydrogens is 322 g/mol. The van der Waals surface area contributed by atoms with Crippen LogP contribution >= 0.6 is 22.9 Å². The second kappa shape index (κ2) is 7.96. The lowest BCUT2D eigenvalue weighted by atomic mass is 10.2. The van der Waals surface area contributed by atoms with Crippen LogP contribution in [0.3, 0.4) is 0 Å². The minimum atomic E-state index is -0.194. The van der Waals surface area contributed by atoms with E-state index in [-0.39, 0.29) is 24.5 Å². The first-order chi connectivity index (χ1) is 10.6. The lowest BCUT2D eigenvalue weighted by Crippen LogP contribution is -2.13. The van der Waals surface area contributed by atoms with Crippen molar-refractivity contribution in [1.82, 2.24) is 0 Å². The predicted octanol–water partition coefficient (Wildman–Crippen LogP) is 4.40. The van der Waals surface area contributed by atoms with E-state index in [9.17, 15) is 9.59 Å². The Bertz CT molecular complexity index is 652. The molecule has 2 rings (SSSR count). The average molecular weight is 338 g/mol. The molecule has 0 spiro atoms. The Morgan fingerprint density at radius 3 is 2.45 bits per heavy atom. The highest BCUT2D eigenvalue weighted by Crippen LogP contribution is 2.23. The number of anilines is 1. The Balaban J connectivity index is 1.81. The van der Waals surface area contributed by atoms with Crippen LogP contribution in [-0.2, 0) is 4.79 Å². The van der Waals surface area contributed by atoms with Crippen LogP contribution in [0.15, 0.2) is 36.4 Å². The minimum Gasteiger partial charge on any atom is -0.494 e. The van der Waals surface area contributed by atoms with Gasteiger partial charge in [0.25, 0.3) is 0 Å². The number of Topliss-reactive ketones (excluding diaryl/α,β-unsaturated/α-hetero) is 1. The number of rotatable bonds is 7. The molecular formula is C16H16ClNO3S. The fourth-order valence-corrected chi connectivity index (χ4v) is 2.85. The van der Waals surface area contributed by atoms with Crippen LogP contribution in [0.25, 0.3) is 0 Å². The number of ether oxygens (including phenoxy) is 1. The van der Waals surface area contributed by atoms with Crippen molar-refractivity contribution in [3.63, 3.8) is 0 Å². The third-order valence-electron chi connectivity index (χ3n) is 2.88. The van der Waals surface area contributed by atoms with Crippen LogP contribution in [-0.4, -0.2) is 18.3 Å². The van der Waals surface area contributed by atoms with Gasteiger partial charge in [-0.3, -0.25) is 9.59 Å². The first-order valence-corrected chi connectivity index (χ1v) is 8.09. The number of thiophene rings is 1. The van der Waals surface area contributed by atoms with E-state index < -0.39 is 0 Å². The molecule has 0 fully saturated rings. The fourth-order valence-electron chi connectivity index (χ4n) is 1.84. The molecule has 0 saturated carbocycles. The topological polar surface area (TPSA) is 55.4 Å². The van der Waals surface area contributed by atoms with E-state index in [1.165, 1.54) is 11.3 Å². The van der Waals surface area contributed by atoms with E-state index in [4.69, 9.17) is 16.3 Å². The first kappa shape index (κ1) is 16.5. The average Bonchev–Trinajstić information content (AvgIpc) is 2.94. The molecule has 2 aromatic rings. The Morgan fingerprint density at radius 1 is 1.14 bits per heavy atom. The number of benzene rings is 1. The molecule has 4 nitrogen and oxygen atoms in total. The van der Waals surface area contributed by atoms with Gasteiger partial charge in [0, 0.05) is 18.5 Å². The molecule has 116 valence electrons. The number of ketones is 1. The van der Waals surface area contributed by atoms with Crippen molar-refractivity contribution in [3.05, 3.63) is 45.6 Å². The van der Waals surface area contributed by atoms with Crippen LogP contribution in [0.5, 0.6) is 5.75 Å². The van der Waals surface area contributed by atoms with E-state index in [0.29, 0.717) is 21.5 Å². The molecule has 1 aromatic carbocycles. The molecule has 22 heavy (non-hydrogen) atoms. The number of hydrogen-bond acceptors (Lipinski definition) is 4. The van der Waals surface area contributed by atoms with Gasteiger partial charge >= 0.3 is 0 Å². The molecule has 0 aliphatic carbocycles. The van der Waals surface area contributed by atoms with Crippen molar-refractivity contribution in [2.24, 2.45) is 0 Å². The second-order valence-electron chi connectivity index (χ2n) is 4.53. The SMILES string of the molecule is CCOc1ccc(NC(=O)CCC(=O)c2ccc(Cl)s2)cc1. The van der Waals surface area contributed by atoms with E-state index in [0.717, 1.165) is 5.75 Å². The maximum atomic E-state index is 11.9. The summed E-state index contributed by atoms with van der Waals surface area (Å²) < 4.78 is 5.90. The highest BCUT2D eigenvalue weighted by atomic mass is 35.5. The molecule has 1 aromatic heterocycles. The number of carbonyl (C=O) groups excluding carboxylic acids is 2. The van der Waals surface area contributed by atoms with Crippen LogP contribution in [0.2, 0.25) is 4.34 Å². The molecule has 0 atom stereocenters. The van der Waals surface area contributed by atoms with Gasteiger partial charge in [-0.05, 0) is 43.3 Å². The van der Waals surface area contributed by atoms with Gasteiger partial charge in [-0.25, -0.2) is 0 Å². The standard InChI is InChI=1S/C16H16ClNO3S/c1-2-21-12-5-3-11(4-6-12)18-16(20)10-7-13(19)14-8-9-15(17)22-14/h3-6,8-9H,2,7,10H2,1H3,(H,18,20). The zero-order valence-corrected chi connectivity index (χ0v) is 13.7. The maximum absolute atomic E-state index is 11.9. The monoisotopic (exact) mass is 337 g/mol. The minimum absolute atomic E-state index is 0.0706. The van der Waals surface area contributed by atoms with Crippen molar-refractivity contribution < 1.29 is 14.3 Å². The summed E-state index contributed by atoms with van der Waals surface area (Å²) in [5.74, 6) is 0.490. The molecule has 6 heteroatoms. The maximum Gasteiger partial charge on any atom is 0.224 e. The van der Waals surface area contributed by atoms with Crippen LogP contribution in [0.4, 0.5) is 5.69 Å². The number of amides is 1. The van der Waals surface area contributed by atoms with E-state index in [1.54, 1.807) is 36.4 Å². The van der Waals surface area contributed by atoms with Gasteiger partial charge in [0.15, 0.2) is 5.78 Å². The van der Waals surface area contributed by atoms with Crippen LogP contribution in [0.1, 0.15) is 29.4 Å². The van der Waals surface area contributed by atoms with E-state index in [2.05, 4.69) is 5.32 Å². The molecule has 1 heterocycles. The summed E-state index contributed by atoms with van der Waals surface area (Å²) in [6.07, 6.45) is 0.307. The van der Waals surface area contributed by atoms with Crippen molar-refractivity contribution in [2.75, 3.05) is 11.9 Å². The van der Waals surface area contributed by atoms with Gasteiger partial charge in [0.1, 0.15) is 5.75 Å². The first-order valence-electron chi connectivity index (χ1n) is 6.89. The summed E-state index contributed by atoms with van der Waals surface area (Å²) in [4.78, 5) is 24.3. The number of carbonyl (C=O) groups is 2. The summed E-state index contributed by atoms with van der Waals surface area (Å²) in [6, 6.07) is 10.5. The van der Waals surface area contributed by atoms with Gasteiger partial charge in [0.2, 0.25) is 5.91 Å². The summed E-state index contributed by atoms with van der Waals surface area (Å²) in [6.45, 7) is 2.51. The van der Waals surface area contributed by atoms with Crippen molar-refractivity contribution in [3.8, 4) is 5.75 Å². The Kier molecular flexibility index (Phi) is 5.98. The molecule has 0 aliphatic heterocycles. The quantitative estimate of drug-likeness (QED) is 0.762. The van der Waals surface area contributed by atoms with Crippen molar-refractivity contribution in [2.45, 2.75) is 19.8 Å². The molecule has 1 N–H and O–H groups in total. The van der Waals surface area contributed by atoms with Crippen LogP contribution < -0.4 is 10.1 Å². The van der Waals surface area contributed by atoms with E-state index >= 15 is 0 Å². The smallest absolute Gasteiger partial charge is 0.224 e. The zero-order valence-electron chi connectivity index (χ0n) is 12.1. The lowest BCUT2D eigenvalue weighted by Gasteiger charge is -2.06. The normalized spacial score (nSPS) is 10.3. The molecule has 0 saturated heterocycles. The Hall–Kier alpha value is -1.85. The van der Waals surface area contributed by atoms with E-state index in [1.807, 2.05) is 6.92 Å². The summed E-state index contributed by atoms with van der Waals surface area (Å²) >= 11 is 7.01. The lowest BCUT2D eigenvalue weighted by molar-refractivity contribution is -0.116. The highest BCUT2D eigenvalue weighted by Gasteiger charge is 2.11. The molecule has 1 amide bonds. The van der Waals surface area contributed by atoms with Crippen LogP contribution in [0, 0.1) is 0 Å². The molecule has 0 radical (unpaired) electrons. The predicted molar refractivity (Wildman–Crippen MR) is 89.1 cm³/mol. The molecule has 0 unspecified atom stereocenters.